The number of nitrogens with one attached hydrogen (secondary N) is 3. The van der Waals surface area contributed by atoms with Crippen molar-refractivity contribution >= 4 is 110 Å². The van der Waals surface area contributed by atoms with E-state index in [4.69, 9.17) is 0 Å². The summed E-state index contributed by atoms with van der Waals surface area (Å²) in [7, 11) is 1.92. The number of carbonyl (C=O) groups is 4. The molecule has 0 aliphatic carbocycles. The minimum Gasteiger partial charge on any atom is -0.330 e. The fraction of sp³-hybridized carbons (Fsp3) is 0.238. The first kappa shape index (κ1) is 76.6. The van der Waals surface area contributed by atoms with Crippen molar-refractivity contribution in [2.75, 3.05) is 26.2 Å². The molecule has 0 radical (unpaired) electrons. The van der Waals surface area contributed by atoms with E-state index in [2.05, 4.69) is 240 Å². The second-order valence-electron chi connectivity index (χ2n) is 29.3. The van der Waals surface area contributed by atoms with Crippen LogP contribution < -0.4 is 0 Å². The van der Waals surface area contributed by atoms with Crippen LogP contribution in [-0.4, -0.2) is 168 Å². The summed E-state index contributed by atoms with van der Waals surface area (Å²) in [5, 5.41) is 43.4. The molecule has 3 N–H and O–H groups in total. The van der Waals surface area contributed by atoms with Crippen LogP contribution in [0.4, 0.5) is 0 Å². The Balaban J connectivity index is 0.000000111. The predicted octanol–water partition coefficient (Wildman–Crippen LogP) is 15.5. The van der Waals surface area contributed by atoms with Crippen LogP contribution >= 0.6 is 63.7 Å². The second-order valence-corrected chi connectivity index (χ2v) is 33.0. The average molecular weight is 1810 g/mol. The van der Waals surface area contributed by atoms with Crippen molar-refractivity contribution in [2.45, 2.75) is 98.3 Å². The summed E-state index contributed by atoms with van der Waals surface area (Å²) in [4.78, 5) is 77.8. The van der Waals surface area contributed by atoms with Gasteiger partial charge in [-0.3, -0.25) is 39.2 Å². The standard InChI is InChI=1S/4C21H19BrN6O/c1-12-18(10-24-25-12)14-3-4-17-13(2)27(6-5-15(17)7-14)21(29)19-8-20-23-9-16(22)11-28(20)26-19;1-12-18(10-24-25-12)15-4-3-14-5-6-27(13(2)17(14)7-15)21(29)19-8-20-23-9-16(22)11-28(20)26-19;1-13-16-4-3-5-17(14-9-24-26(2)11-14)18(16)6-7-27(13)21(29)19-8-20-23-10-15(22)12-28(20)25-19;1-12-17(10-24-25-12)16-5-3-4-14-6-7-27(13(2)20(14)16)21(29)18-8-19-23-9-15(22)11-28(19)26-18/h2*3-4,7-11,13H,5-6H2,1-2H3,(H,24,25);3-5,8-13H,6-7H2,1-2H3;3-5,8-11,13H,6-7H2,1-2H3,(H,24,25). The zero-order valence-electron chi connectivity index (χ0n) is 64.2. The van der Waals surface area contributed by atoms with Gasteiger partial charge in [0.1, 0.15) is 0 Å². The highest BCUT2D eigenvalue weighted by Gasteiger charge is 2.36. The molecule has 4 atom stereocenters. The zero-order chi connectivity index (χ0) is 80.5. The number of carbonyl (C=O) groups excluding carboxylic acids is 4. The van der Waals surface area contributed by atoms with Gasteiger partial charge in [0.25, 0.3) is 23.6 Å². The summed E-state index contributed by atoms with van der Waals surface area (Å²) in [5.74, 6) is -0.297. The number of hydrogen-bond acceptors (Lipinski definition) is 16. The quantitative estimate of drug-likeness (QED) is 0.127. The molecule has 32 heteroatoms. The lowest BCUT2D eigenvalue weighted by molar-refractivity contribution is 0.0663. The van der Waals surface area contributed by atoms with Crippen molar-refractivity contribution in [3.63, 3.8) is 0 Å². The third-order valence-electron chi connectivity index (χ3n) is 22.3. The summed E-state index contributed by atoms with van der Waals surface area (Å²) in [6, 6.07) is 32.4. The van der Waals surface area contributed by atoms with Gasteiger partial charge in [-0.05, 0) is 211 Å². The van der Waals surface area contributed by atoms with Crippen LogP contribution in [0.15, 0.2) is 196 Å². The largest absolute Gasteiger partial charge is 0.330 e. The van der Waals surface area contributed by atoms with Crippen molar-refractivity contribution in [3.8, 4) is 44.5 Å². The van der Waals surface area contributed by atoms with E-state index in [0.717, 1.165) is 99.6 Å². The van der Waals surface area contributed by atoms with E-state index >= 15 is 0 Å². The molecule has 4 aliphatic heterocycles. The van der Waals surface area contributed by atoms with Crippen molar-refractivity contribution in [1.82, 2.24) is 118 Å². The third kappa shape index (κ3) is 14.8. The number of hydrogen-bond donors (Lipinski definition) is 3. The van der Waals surface area contributed by atoms with Crippen LogP contribution in [0.5, 0.6) is 0 Å². The molecule has 584 valence electrons. The summed E-state index contributed by atoms with van der Waals surface area (Å²) in [5.41, 5.74) is 26.1. The van der Waals surface area contributed by atoms with E-state index in [9.17, 15) is 19.2 Å². The number of aryl methyl sites for hydroxylation is 4. The lowest BCUT2D eigenvalue weighted by atomic mass is 9.86. The third-order valence-corrected chi connectivity index (χ3v) is 23.9. The zero-order valence-corrected chi connectivity index (χ0v) is 70.6. The van der Waals surface area contributed by atoms with Gasteiger partial charge in [0.05, 0.1) is 66.8 Å². The van der Waals surface area contributed by atoms with E-state index in [1.54, 1.807) is 91.9 Å². The van der Waals surface area contributed by atoms with Crippen molar-refractivity contribution in [2.24, 2.45) is 7.05 Å². The van der Waals surface area contributed by atoms with Crippen molar-refractivity contribution in [1.29, 1.82) is 0 Å². The van der Waals surface area contributed by atoms with Gasteiger partial charge in [-0.1, -0.05) is 66.7 Å². The highest BCUT2D eigenvalue weighted by molar-refractivity contribution is 9.11. The van der Waals surface area contributed by atoms with Crippen LogP contribution in [0.2, 0.25) is 0 Å². The molecule has 4 amide bonds. The first-order valence-corrected chi connectivity index (χ1v) is 41.0. The van der Waals surface area contributed by atoms with E-state index < -0.39 is 0 Å². The Morgan fingerprint density at radius 1 is 0.371 bits per heavy atom. The van der Waals surface area contributed by atoms with Gasteiger partial charge in [0.2, 0.25) is 0 Å². The van der Waals surface area contributed by atoms with E-state index in [-0.39, 0.29) is 47.8 Å². The Bertz CT molecular complexity index is 6520. The molecule has 12 aromatic heterocycles. The first-order valence-electron chi connectivity index (χ1n) is 37.8. The number of amides is 4. The molecule has 0 saturated carbocycles. The predicted molar refractivity (Wildman–Crippen MR) is 450 cm³/mol. The highest BCUT2D eigenvalue weighted by atomic mass is 79.9. The number of aromatic nitrogens is 20. The summed E-state index contributed by atoms with van der Waals surface area (Å²) in [6.07, 6.45) is 26.7. The molecular formula is C84H76Br4N24O4. The number of fused-ring (bicyclic) bond motifs is 8. The fourth-order valence-electron chi connectivity index (χ4n) is 16.3. The lowest BCUT2D eigenvalue weighted by Crippen LogP contribution is -2.39. The Hall–Kier alpha value is -12.0. The molecule has 28 nitrogen and oxygen atoms in total. The Labute approximate surface area is 698 Å². The normalized spacial score (nSPS) is 16.2. The molecule has 4 aliphatic rings. The number of H-pyrrole nitrogens is 3. The average Bonchev–Trinajstić information content (AvgIpc) is 0.933. The highest BCUT2D eigenvalue weighted by Crippen LogP contribution is 2.42. The second kappa shape index (κ2) is 31.7. The molecule has 16 aromatic rings. The summed E-state index contributed by atoms with van der Waals surface area (Å²) < 4.78 is 11.6. The van der Waals surface area contributed by atoms with Gasteiger partial charge in [-0.2, -0.15) is 40.8 Å². The Morgan fingerprint density at radius 2 is 0.776 bits per heavy atom. The first-order chi connectivity index (χ1) is 56.0. The Kier molecular flexibility index (Phi) is 20.9. The maximum Gasteiger partial charge on any atom is 0.274 e. The van der Waals surface area contributed by atoms with Gasteiger partial charge in [0, 0.05) is 153 Å². The lowest BCUT2D eigenvalue weighted by Gasteiger charge is -2.36. The topological polar surface area (TPSA) is 306 Å². The number of rotatable bonds is 8. The monoisotopic (exact) mass is 1800 g/mol. The molecule has 20 rings (SSSR count). The molecule has 4 aromatic carbocycles. The number of benzene rings is 4. The molecule has 16 heterocycles. The van der Waals surface area contributed by atoms with Crippen LogP contribution in [0.25, 0.3) is 67.1 Å². The summed E-state index contributed by atoms with van der Waals surface area (Å²) in [6.45, 7) is 17.0. The minimum absolute atomic E-state index is 0.0183. The van der Waals surface area contributed by atoms with Crippen LogP contribution in [0, 0.1) is 20.8 Å². The summed E-state index contributed by atoms with van der Waals surface area (Å²) >= 11 is 13.5. The van der Waals surface area contributed by atoms with Crippen molar-refractivity contribution < 1.29 is 19.2 Å². The maximum atomic E-state index is 13.3. The van der Waals surface area contributed by atoms with Gasteiger partial charge >= 0.3 is 0 Å². The SMILES string of the molecule is CC1c2cccc(-c3cnn(C)c3)c2CCN1C(=O)c1cc2ncc(Br)cn2n1.Cc1[nH]ncc1-c1ccc2c(c1)C(C)N(C(=O)c1cc3ncc(Br)cn3n1)CC2.Cc1[nH]ncc1-c1ccc2c(c1)CCN(C(=O)c1cc3ncc(Br)cn3n1)C2C.Cc1[nH]ncc1-c1cccc2c1C(C)N(C(=O)c1cc3ncc(Br)cn3n1)CC2. The maximum absolute atomic E-state index is 13.3. The molecule has 116 heavy (non-hydrogen) atoms. The van der Waals surface area contributed by atoms with Crippen LogP contribution in [-0.2, 0) is 32.7 Å². The van der Waals surface area contributed by atoms with Gasteiger partial charge < -0.3 is 19.6 Å². The number of halogens is 4. The van der Waals surface area contributed by atoms with Crippen LogP contribution in [0.1, 0.15) is 155 Å². The van der Waals surface area contributed by atoms with E-state index in [0.29, 0.717) is 71.5 Å². The molecule has 4 unspecified atom stereocenters. The molecule has 0 saturated heterocycles. The number of nitrogens with zero attached hydrogens (tertiary/aromatic N) is 21. The van der Waals surface area contributed by atoms with Crippen molar-refractivity contribution in [3.05, 3.63) is 280 Å². The molecular weight excluding hydrogens is 1730 g/mol. The molecule has 0 fully saturated rings. The number of aromatic amines is 3. The van der Waals surface area contributed by atoms with Gasteiger partial charge in [-0.15, -0.1) is 0 Å². The van der Waals surface area contributed by atoms with E-state index in [1.165, 1.54) is 50.1 Å². The fourth-order valence-corrected chi connectivity index (χ4v) is 17.5. The molecule has 0 bridgehead atoms. The minimum atomic E-state index is -0.0801. The molecule has 0 spiro atoms. The Morgan fingerprint density at radius 3 is 1.24 bits per heavy atom. The van der Waals surface area contributed by atoms with E-state index in [1.807, 2.05) is 83.1 Å². The smallest absolute Gasteiger partial charge is 0.274 e. The van der Waals surface area contributed by atoms with Crippen LogP contribution in [0.3, 0.4) is 0 Å². The van der Waals surface area contributed by atoms with Gasteiger partial charge in [0.15, 0.2) is 45.4 Å². The van der Waals surface area contributed by atoms with Gasteiger partial charge in [-0.25, -0.2) is 38.0 Å².